The number of nitrogens with zero attached hydrogens (tertiary/aromatic N) is 1. The molecule has 0 radical (unpaired) electrons. The van der Waals surface area contributed by atoms with Crippen molar-refractivity contribution in [3.63, 3.8) is 0 Å². The number of thioether (sulfide) groups is 1. The van der Waals surface area contributed by atoms with E-state index in [1.165, 1.54) is 0 Å². The second-order valence-electron chi connectivity index (χ2n) is 7.89. The molecule has 1 saturated heterocycles. The van der Waals surface area contributed by atoms with Gasteiger partial charge in [-0.1, -0.05) is 32.0 Å². The summed E-state index contributed by atoms with van der Waals surface area (Å²) in [6.07, 6.45) is 1.65. The zero-order valence-corrected chi connectivity index (χ0v) is 18.9. The van der Waals surface area contributed by atoms with Gasteiger partial charge in [0.25, 0.3) is 11.1 Å². The molecule has 1 heterocycles. The van der Waals surface area contributed by atoms with E-state index in [1.807, 2.05) is 50.2 Å². The molecule has 0 aromatic heterocycles. The van der Waals surface area contributed by atoms with Gasteiger partial charge in [-0.25, -0.2) is 0 Å². The van der Waals surface area contributed by atoms with Crippen LogP contribution in [0.2, 0.25) is 0 Å². The molecule has 0 saturated carbocycles. The van der Waals surface area contributed by atoms with Gasteiger partial charge in [0.05, 0.1) is 11.5 Å². The quantitative estimate of drug-likeness (QED) is 0.615. The summed E-state index contributed by atoms with van der Waals surface area (Å²) < 4.78 is 5.65. The number of imide groups is 1. The molecule has 0 atom stereocenters. The standard InChI is InChI=1S/C24H26N2O4S/c1-15(2)14-30-20-9-6-18(7-10-20)12-21-23(28)26(24(29)31-21)13-22(27)25-19-8-5-16(3)17(4)11-19/h5-12,15H,13-14H2,1-4H3,(H,25,27)/b21-12-. The van der Waals surface area contributed by atoms with E-state index in [0.717, 1.165) is 39.1 Å². The Balaban J connectivity index is 1.63. The highest BCUT2D eigenvalue weighted by Gasteiger charge is 2.36. The molecule has 3 amide bonds. The van der Waals surface area contributed by atoms with E-state index in [0.29, 0.717) is 23.1 Å². The Morgan fingerprint density at radius 3 is 2.45 bits per heavy atom. The minimum absolute atomic E-state index is 0.292. The summed E-state index contributed by atoms with van der Waals surface area (Å²) >= 11 is 0.835. The third-order valence-electron chi connectivity index (χ3n) is 4.73. The Morgan fingerprint density at radius 2 is 1.81 bits per heavy atom. The fourth-order valence-corrected chi connectivity index (χ4v) is 3.71. The van der Waals surface area contributed by atoms with E-state index < -0.39 is 17.1 Å². The maximum atomic E-state index is 12.7. The van der Waals surface area contributed by atoms with Crippen LogP contribution in [0.15, 0.2) is 47.4 Å². The lowest BCUT2D eigenvalue weighted by molar-refractivity contribution is -0.127. The van der Waals surface area contributed by atoms with Crippen LogP contribution in [0.5, 0.6) is 5.75 Å². The number of benzene rings is 2. The van der Waals surface area contributed by atoms with Crippen molar-refractivity contribution in [3.05, 3.63) is 64.1 Å². The number of aryl methyl sites for hydroxylation is 2. The van der Waals surface area contributed by atoms with Crippen LogP contribution in [0, 0.1) is 19.8 Å². The van der Waals surface area contributed by atoms with Crippen molar-refractivity contribution in [1.29, 1.82) is 0 Å². The zero-order chi connectivity index (χ0) is 22.5. The van der Waals surface area contributed by atoms with E-state index in [1.54, 1.807) is 12.1 Å². The van der Waals surface area contributed by atoms with Gasteiger partial charge < -0.3 is 10.1 Å². The summed E-state index contributed by atoms with van der Waals surface area (Å²) in [4.78, 5) is 38.6. The third-order valence-corrected chi connectivity index (χ3v) is 5.63. The molecule has 1 fully saturated rings. The van der Waals surface area contributed by atoms with E-state index in [2.05, 4.69) is 19.2 Å². The smallest absolute Gasteiger partial charge is 0.294 e. The maximum Gasteiger partial charge on any atom is 0.294 e. The Kier molecular flexibility index (Phi) is 7.17. The van der Waals surface area contributed by atoms with Gasteiger partial charge in [-0.2, -0.15) is 0 Å². The number of carbonyl (C=O) groups excluding carboxylic acids is 3. The van der Waals surface area contributed by atoms with Crippen LogP contribution >= 0.6 is 11.8 Å². The lowest BCUT2D eigenvalue weighted by Crippen LogP contribution is -2.36. The van der Waals surface area contributed by atoms with E-state index >= 15 is 0 Å². The van der Waals surface area contributed by atoms with Gasteiger partial charge in [0.15, 0.2) is 0 Å². The van der Waals surface area contributed by atoms with Crippen LogP contribution in [-0.2, 0) is 9.59 Å². The average molecular weight is 439 g/mol. The van der Waals surface area contributed by atoms with Crippen molar-refractivity contribution in [3.8, 4) is 5.75 Å². The Bertz CT molecular complexity index is 1030. The number of carbonyl (C=O) groups is 3. The summed E-state index contributed by atoms with van der Waals surface area (Å²) in [5.74, 6) is 0.296. The van der Waals surface area contributed by atoms with Gasteiger partial charge in [0.1, 0.15) is 12.3 Å². The molecule has 2 aromatic rings. The summed E-state index contributed by atoms with van der Waals surface area (Å²) in [6, 6.07) is 12.9. The number of hydrogen-bond donors (Lipinski definition) is 1. The summed E-state index contributed by atoms with van der Waals surface area (Å²) in [6.45, 7) is 8.40. The first-order chi connectivity index (χ1) is 14.7. The monoisotopic (exact) mass is 438 g/mol. The molecule has 2 aromatic carbocycles. The highest BCUT2D eigenvalue weighted by Crippen LogP contribution is 2.32. The van der Waals surface area contributed by atoms with Crippen LogP contribution in [0.1, 0.15) is 30.5 Å². The molecular weight excluding hydrogens is 412 g/mol. The maximum absolute atomic E-state index is 12.7. The van der Waals surface area contributed by atoms with Crippen LogP contribution < -0.4 is 10.1 Å². The third kappa shape index (κ3) is 5.98. The Hall–Kier alpha value is -3.06. The van der Waals surface area contributed by atoms with Gasteiger partial charge >= 0.3 is 0 Å². The molecular formula is C24H26N2O4S. The molecule has 162 valence electrons. The predicted molar refractivity (Wildman–Crippen MR) is 124 cm³/mol. The lowest BCUT2D eigenvalue weighted by atomic mass is 10.1. The number of nitrogens with one attached hydrogen (secondary N) is 1. The van der Waals surface area contributed by atoms with Gasteiger partial charge in [0, 0.05) is 5.69 Å². The molecule has 0 spiro atoms. The summed E-state index contributed by atoms with van der Waals surface area (Å²) in [7, 11) is 0. The van der Waals surface area contributed by atoms with Gasteiger partial charge in [0.2, 0.25) is 5.91 Å². The minimum atomic E-state index is -0.467. The summed E-state index contributed by atoms with van der Waals surface area (Å²) in [5.41, 5.74) is 3.58. The predicted octanol–water partition coefficient (Wildman–Crippen LogP) is 5.01. The molecule has 31 heavy (non-hydrogen) atoms. The number of rotatable bonds is 7. The second-order valence-corrected chi connectivity index (χ2v) is 8.88. The highest BCUT2D eigenvalue weighted by atomic mass is 32.2. The SMILES string of the molecule is Cc1ccc(NC(=O)CN2C(=O)S/C(=C\c3ccc(OCC(C)C)cc3)C2=O)cc1C. The normalized spacial score (nSPS) is 15.1. The second kappa shape index (κ2) is 9.83. The molecule has 1 N–H and O–H groups in total. The van der Waals surface area contributed by atoms with E-state index in [9.17, 15) is 14.4 Å². The fourth-order valence-electron chi connectivity index (χ4n) is 2.87. The van der Waals surface area contributed by atoms with Crippen molar-refractivity contribution in [2.75, 3.05) is 18.5 Å². The molecule has 7 heteroatoms. The van der Waals surface area contributed by atoms with Crippen molar-refractivity contribution in [2.24, 2.45) is 5.92 Å². The number of anilines is 1. The van der Waals surface area contributed by atoms with Crippen molar-refractivity contribution >= 4 is 40.6 Å². The first kappa shape index (κ1) is 22.6. The van der Waals surface area contributed by atoms with Crippen LogP contribution in [0.3, 0.4) is 0 Å². The molecule has 0 bridgehead atoms. The van der Waals surface area contributed by atoms with E-state index in [-0.39, 0.29) is 6.54 Å². The highest BCUT2D eigenvalue weighted by molar-refractivity contribution is 8.18. The van der Waals surface area contributed by atoms with Crippen LogP contribution in [-0.4, -0.2) is 35.1 Å². The topological polar surface area (TPSA) is 75.7 Å². The molecule has 3 rings (SSSR count). The van der Waals surface area contributed by atoms with Gasteiger partial charge in [-0.05, 0) is 78.6 Å². The average Bonchev–Trinajstić information content (AvgIpc) is 2.97. The molecule has 1 aliphatic rings. The fraction of sp³-hybridized carbons (Fsp3) is 0.292. The first-order valence-corrected chi connectivity index (χ1v) is 10.9. The van der Waals surface area contributed by atoms with E-state index in [4.69, 9.17) is 4.74 Å². The Morgan fingerprint density at radius 1 is 1.10 bits per heavy atom. The number of hydrogen-bond acceptors (Lipinski definition) is 5. The molecule has 6 nitrogen and oxygen atoms in total. The zero-order valence-electron chi connectivity index (χ0n) is 18.1. The van der Waals surface area contributed by atoms with Crippen LogP contribution in [0.4, 0.5) is 10.5 Å². The Labute approximate surface area is 186 Å². The van der Waals surface area contributed by atoms with Gasteiger partial charge in [-0.3, -0.25) is 19.3 Å². The minimum Gasteiger partial charge on any atom is -0.493 e. The van der Waals surface area contributed by atoms with Gasteiger partial charge in [-0.15, -0.1) is 0 Å². The number of ether oxygens (including phenoxy) is 1. The lowest BCUT2D eigenvalue weighted by Gasteiger charge is -2.13. The largest absolute Gasteiger partial charge is 0.493 e. The molecule has 0 aliphatic carbocycles. The van der Waals surface area contributed by atoms with Crippen molar-refractivity contribution < 1.29 is 19.1 Å². The van der Waals surface area contributed by atoms with Crippen molar-refractivity contribution in [1.82, 2.24) is 4.90 Å². The summed E-state index contributed by atoms with van der Waals surface area (Å²) in [5, 5.41) is 2.29. The first-order valence-electron chi connectivity index (χ1n) is 10.1. The van der Waals surface area contributed by atoms with Crippen molar-refractivity contribution in [2.45, 2.75) is 27.7 Å². The number of amides is 3. The molecule has 0 unspecified atom stereocenters. The molecule has 1 aliphatic heterocycles. The van der Waals surface area contributed by atoms with Crippen LogP contribution in [0.25, 0.3) is 6.08 Å².